The molecule has 2 fully saturated rings. The molecule has 5 aliphatic rings. The lowest BCUT2D eigenvalue weighted by Crippen LogP contribution is -2.41. The molecule has 9 heteroatoms. The Kier molecular flexibility index (Phi) is 24.9. The van der Waals surface area contributed by atoms with Gasteiger partial charge >= 0.3 is 14.2 Å². The van der Waals surface area contributed by atoms with Crippen LogP contribution >= 0.6 is 54.5 Å². The minimum atomic E-state index is -0.425. The Labute approximate surface area is 873 Å². The smallest absolute Gasteiger partial charge is 0.400 e. The largest absolute Gasteiger partial charge is 0.496 e. The first kappa shape index (κ1) is 96.2. The van der Waals surface area contributed by atoms with Crippen molar-refractivity contribution in [3.63, 3.8) is 0 Å². The van der Waals surface area contributed by atoms with Gasteiger partial charge < -0.3 is 18.6 Å². The van der Waals surface area contributed by atoms with E-state index in [-0.39, 0.29) is 42.0 Å². The van der Waals surface area contributed by atoms with Gasteiger partial charge in [0, 0.05) is 28.8 Å². The molecule has 0 radical (unpaired) electrons. The Morgan fingerprint density at radius 2 is 0.497 bits per heavy atom. The van der Waals surface area contributed by atoms with Crippen LogP contribution < -0.4 is 5.46 Å². The number of halogens is 3. The second-order valence-corrected chi connectivity index (χ2v) is 45.1. The predicted octanol–water partition coefficient (Wildman–Crippen LogP) is 37.9. The van der Waals surface area contributed by atoms with Crippen LogP contribution in [0, 0.1) is 3.57 Å². The molecule has 0 N–H and O–H groups in total. The van der Waals surface area contributed by atoms with E-state index in [0.29, 0.717) is 0 Å². The standard InChI is InChI=1S/C41H30.C39H27Br.C30H27BO2.C15H12BrI.C8H15BO2.CH4/c1-4-26-20-22-30-31-23-21-28(25-38(31)41(2,3)37(30)24-26)39-33-15-7-9-17-35(33)40(36-18-10-8-16-34(36)39)32-19-11-13-27-12-5-6-14-29(27)32;1-39(2)35-22-25(18-20-28(35)29-21-19-26(40)23-36(29)39)37-31-13-5-7-15-33(31)38(34-16-8-6-14-32(34)37)30-17-9-11-24-10-3-4-12-27(24)30;1-29(2)30(3,4)33-31(32-29)28-25-17-9-7-15-23(25)27(24-16-8-10-18-26(24)28)22-19-11-13-20-12-5-6-14-21(20)22;1-15(2)13-7-9(16)3-5-11(13)12-6-4-10(17)8-14(12)15;1-6-9-10-7(2,3)8(4,5)11-9;/h4-25H,1H2,2-3H3;3-23H,1-2H3;5-19H,1-4H3;3-8H,1-2H3;6H,1H2,2-5H3;1H4. The lowest BCUT2D eigenvalue weighted by Gasteiger charge is -2.32. The Morgan fingerprint density at radius 3 is 0.818 bits per heavy atom. The molecule has 0 bridgehead atoms. The fourth-order valence-electron chi connectivity index (χ4n) is 23.0. The van der Waals surface area contributed by atoms with Gasteiger partial charge in [0.15, 0.2) is 0 Å². The van der Waals surface area contributed by atoms with Gasteiger partial charge in [0.2, 0.25) is 0 Å². The van der Waals surface area contributed by atoms with Crippen molar-refractivity contribution < 1.29 is 18.6 Å². The molecule has 0 atom stereocenters. The number of hydrogen-bond acceptors (Lipinski definition) is 4. The average molecular weight is 2100 g/mol. The summed E-state index contributed by atoms with van der Waals surface area (Å²) < 4.78 is 27.9. The monoisotopic (exact) mass is 2090 g/mol. The van der Waals surface area contributed by atoms with Crippen LogP contribution in [0.15, 0.2) is 410 Å². The summed E-state index contributed by atoms with van der Waals surface area (Å²) >= 11 is 9.67. The third-order valence-corrected chi connectivity index (χ3v) is 33.4. The molecule has 143 heavy (non-hydrogen) atoms. The summed E-state index contributed by atoms with van der Waals surface area (Å²) in [5.41, 5.74) is 30.4. The lowest BCUT2D eigenvalue weighted by molar-refractivity contribution is 0.00578. The summed E-state index contributed by atoms with van der Waals surface area (Å²) in [6, 6.07) is 140. The first-order chi connectivity index (χ1) is 68.3. The van der Waals surface area contributed by atoms with E-state index in [2.05, 4.69) is 519 Å². The minimum Gasteiger partial charge on any atom is -0.400 e. The van der Waals surface area contributed by atoms with Crippen molar-refractivity contribution >= 4 is 177 Å². The summed E-state index contributed by atoms with van der Waals surface area (Å²) in [5, 5.41) is 22.7. The molecule has 0 saturated carbocycles. The highest BCUT2D eigenvalue weighted by Gasteiger charge is 2.53. The van der Waals surface area contributed by atoms with Crippen molar-refractivity contribution in [2.45, 2.75) is 143 Å². The number of hydrogen-bond donors (Lipinski definition) is 0. The Morgan fingerprint density at radius 1 is 0.245 bits per heavy atom. The molecule has 4 nitrogen and oxygen atoms in total. The molecule has 3 aliphatic carbocycles. The Bertz CT molecular complexity index is 8510. The molecule has 26 rings (SSSR count). The number of fused-ring (bicyclic) bond motifs is 18. The molecule has 0 amide bonds. The maximum Gasteiger partial charge on any atom is 0.496 e. The van der Waals surface area contributed by atoms with Gasteiger partial charge in [-0.2, -0.15) is 0 Å². The quantitative estimate of drug-likeness (QED) is 0.0863. The van der Waals surface area contributed by atoms with Crippen molar-refractivity contribution in [2.75, 3.05) is 0 Å². The first-order valence-corrected chi connectivity index (χ1v) is 52.1. The van der Waals surface area contributed by atoms with Crippen molar-refractivity contribution in [3.05, 3.63) is 453 Å². The SMILES string of the molecule is C.C=CB1OC(C)(C)C(C)(C)O1.C=Cc1ccc2c(c1)C(C)(C)c1cc(-c3c4ccccc4c(-c4cccc5ccccc45)c4ccccc34)ccc1-2.CC1(C)OB(c2c3ccccc3c(-c3cccc4ccccc34)c3ccccc23)OC1(C)C.CC1(C)c2cc(Br)ccc2-c2ccc(-c3c4ccccc4c(-c4cccc5ccccc45)c4ccccc34)cc21.CC1(C)c2cc(Br)ccc2-c2ccc(I)cc21. The second-order valence-electron chi connectivity index (χ2n) is 42.1. The van der Waals surface area contributed by atoms with Gasteiger partial charge in [-0.15, -0.1) is 6.58 Å². The normalized spacial score (nSPS) is 15.6. The summed E-state index contributed by atoms with van der Waals surface area (Å²) in [4.78, 5) is 0. The predicted molar refractivity (Wildman–Crippen MR) is 630 cm³/mol. The van der Waals surface area contributed by atoms with Crippen LogP contribution in [0.1, 0.15) is 143 Å². The first-order valence-electron chi connectivity index (χ1n) is 49.4. The van der Waals surface area contributed by atoms with Gasteiger partial charge in [-0.3, -0.25) is 0 Å². The van der Waals surface area contributed by atoms with Crippen molar-refractivity contribution in [3.8, 4) is 89.0 Å². The Hall–Kier alpha value is -12.9. The minimum absolute atomic E-state index is 0. The summed E-state index contributed by atoms with van der Waals surface area (Å²) in [6.45, 7) is 38.2. The van der Waals surface area contributed by atoms with E-state index in [1.807, 2.05) is 33.8 Å². The Balaban J connectivity index is 0.000000112. The maximum atomic E-state index is 6.56. The summed E-state index contributed by atoms with van der Waals surface area (Å²) in [7, 11) is -0.675. The topological polar surface area (TPSA) is 36.9 Å². The number of rotatable bonds is 8. The van der Waals surface area contributed by atoms with Crippen LogP contribution in [0.2, 0.25) is 0 Å². The summed E-state index contributed by atoms with van der Waals surface area (Å²) in [6.07, 6.45) is 1.94. The third-order valence-electron chi connectivity index (χ3n) is 31.7. The van der Waals surface area contributed by atoms with E-state index in [0.717, 1.165) is 14.4 Å². The van der Waals surface area contributed by atoms with Crippen molar-refractivity contribution in [1.82, 2.24) is 0 Å². The zero-order valence-corrected chi connectivity index (χ0v) is 88.2. The van der Waals surface area contributed by atoms with Crippen molar-refractivity contribution in [2.24, 2.45) is 0 Å². The molecule has 702 valence electrons. The molecular formula is C134H115B2Br2IO4. The van der Waals surface area contributed by atoms with Crippen LogP contribution in [0.25, 0.3) is 192 Å². The van der Waals surface area contributed by atoms with E-state index in [9.17, 15) is 0 Å². The van der Waals surface area contributed by atoms with Gasteiger partial charge in [0.05, 0.1) is 22.4 Å². The van der Waals surface area contributed by atoms with Gasteiger partial charge in [0.25, 0.3) is 0 Å². The van der Waals surface area contributed by atoms with Crippen LogP contribution in [-0.4, -0.2) is 36.6 Å². The van der Waals surface area contributed by atoms with E-state index in [1.165, 1.54) is 228 Å². The van der Waals surface area contributed by atoms with Crippen molar-refractivity contribution in [1.29, 1.82) is 0 Å². The highest BCUT2D eigenvalue weighted by atomic mass is 127. The molecule has 2 heterocycles. The highest BCUT2D eigenvalue weighted by molar-refractivity contribution is 14.1. The molecule has 0 spiro atoms. The number of benzene rings is 21. The molecule has 0 aromatic heterocycles. The molecule has 0 unspecified atom stereocenters. The fourth-order valence-corrected chi connectivity index (χ4v) is 24.2. The van der Waals surface area contributed by atoms with Crippen LogP contribution in [0.5, 0.6) is 0 Å². The second kappa shape index (κ2) is 37.1. The lowest BCUT2D eigenvalue weighted by atomic mass is 9.71. The highest BCUT2D eigenvalue weighted by Crippen LogP contribution is 2.57. The van der Waals surface area contributed by atoms with Crippen LogP contribution in [0.3, 0.4) is 0 Å². The molecular weight excluding hydrogens is 1980 g/mol. The molecule has 2 saturated heterocycles. The van der Waals surface area contributed by atoms with Crippen LogP contribution in [-0.2, 0) is 34.9 Å². The molecule has 21 aromatic rings. The van der Waals surface area contributed by atoms with E-state index >= 15 is 0 Å². The van der Waals surface area contributed by atoms with Gasteiger partial charge in [0.1, 0.15) is 0 Å². The molecule has 2 aliphatic heterocycles. The van der Waals surface area contributed by atoms with Gasteiger partial charge in [-0.1, -0.05) is 433 Å². The van der Waals surface area contributed by atoms with Gasteiger partial charge in [-0.25, -0.2) is 0 Å². The van der Waals surface area contributed by atoms with E-state index < -0.39 is 18.3 Å². The van der Waals surface area contributed by atoms with E-state index in [1.54, 1.807) is 5.98 Å². The van der Waals surface area contributed by atoms with E-state index in [4.69, 9.17) is 18.6 Å². The maximum absolute atomic E-state index is 6.56. The van der Waals surface area contributed by atoms with Crippen LogP contribution in [0.4, 0.5) is 0 Å². The fraction of sp³-hybridized carbons (Fsp3) is 0.164. The zero-order chi connectivity index (χ0) is 98.4. The summed E-state index contributed by atoms with van der Waals surface area (Å²) in [5.74, 6) is 1.68. The van der Waals surface area contributed by atoms with Gasteiger partial charge in [-0.05, 0) is 357 Å². The molecule has 21 aromatic carbocycles. The zero-order valence-electron chi connectivity index (χ0n) is 82.9. The average Bonchev–Trinajstić information content (AvgIpc) is 1.40. The third kappa shape index (κ3) is 16.4.